The molecule has 0 spiro atoms. The molecule has 11 heteroatoms. The van der Waals surface area contributed by atoms with E-state index in [1.54, 1.807) is 0 Å². The third-order valence-electron chi connectivity index (χ3n) is 5.05. The van der Waals surface area contributed by atoms with Crippen LogP contribution >= 0.6 is 11.8 Å². The molecule has 3 rings (SSSR count). The Morgan fingerprint density at radius 3 is 2.45 bits per heavy atom. The number of rotatable bonds is 10. The molecule has 174 valence electrons. The highest BCUT2D eigenvalue weighted by Gasteiger charge is 2.17. The highest BCUT2D eigenvalue weighted by Crippen LogP contribution is 2.27. The van der Waals surface area contributed by atoms with Crippen molar-refractivity contribution in [1.29, 1.82) is 0 Å². The molecule has 1 aromatic heterocycles. The number of amides is 1. The summed E-state index contributed by atoms with van der Waals surface area (Å²) >= 11 is 1.16. The van der Waals surface area contributed by atoms with E-state index in [-0.39, 0.29) is 17.1 Å². The van der Waals surface area contributed by atoms with Gasteiger partial charge in [-0.2, -0.15) is 0 Å². The Hall–Kier alpha value is -3.47. The van der Waals surface area contributed by atoms with E-state index < -0.39 is 16.6 Å². The van der Waals surface area contributed by atoms with E-state index >= 15 is 0 Å². The summed E-state index contributed by atoms with van der Waals surface area (Å²) in [5.74, 6) is -0.612. The number of nitrogens with one attached hydrogen (secondary N) is 1. The SMILES string of the molecule is CCN(CC)c1ccc(-c2nnc(SCC(=O)Nc3cc([N+](=O)[O-])ccc3F)n2CC)cc1. The lowest BCUT2D eigenvalue weighted by atomic mass is 10.2. The Bertz CT molecular complexity index is 1130. The number of halogens is 1. The van der Waals surface area contributed by atoms with Crippen LogP contribution in [0.2, 0.25) is 0 Å². The van der Waals surface area contributed by atoms with Crippen LogP contribution in [0.25, 0.3) is 11.4 Å². The number of aromatic nitrogens is 3. The first-order valence-corrected chi connectivity index (χ1v) is 11.5. The number of benzene rings is 2. The fourth-order valence-electron chi connectivity index (χ4n) is 3.34. The first-order valence-electron chi connectivity index (χ1n) is 10.5. The van der Waals surface area contributed by atoms with Crippen LogP contribution in [-0.2, 0) is 11.3 Å². The molecule has 33 heavy (non-hydrogen) atoms. The average Bonchev–Trinajstić information content (AvgIpc) is 3.23. The minimum Gasteiger partial charge on any atom is -0.372 e. The van der Waals surface area contributed by atoms with Gasteiger partial charge in [0.15, 0.2) is 11.0 Å². The molecule has 0 saturated heterocycles. The minimum absolute atomic E-state index is 0.0544. The Balaban J connectivity index is 1.70. The summed E-state index contributed by atoms with van der Waals surface area (Å²) in [6.45, 7) is 8.62. The highest BCUT2D eigenvalue weighted by molar-refractivity contribution is 7.99. The van der Waals surface area contributed by atoms with E-state index in [0.717, 1.165) is 54.3 Å². The number of carbonyl (C=O) groups is 1. The molecule has 2 aromatic carbocycles. The smallest absolute Gasteiger partial charge is 0.271 e. The first kappa shape index (κ1) is 24.2. The molecule has 0 atom stereocenters. The average molecular weight is 473 g/mol. The van der Waals surface area contributed by atoms with E-state index in [2.05, 4.69) is 34.3 Å². The molecule has 0 unspecified atom stereocenters. The molecule has 9 nitrogen and oxygen atoms in total. The van der Waals surface area contributed by atoms with Crippen LogP contribution in [0.4, 0.5) is 21.5 Å². The highest BCUT2D eigenvalue weighted by atomic mass is 32.2. The quantitative estimate of drug-likeness (QED) is 0.261. The first-order chi connectivity index (χ1) is 15.9. The lowest BCUT2D eigenvalue weighted by molar-refractivity contribution is -0.384. The lowest BCUT2D eigenvalue weighted by Gasteiger charge is -2.21. The molecule has 0 radical (unpaired) electrons. The van der Waals surface area contributed by atoms with E-state index in [4.69, 9.17) is 0 Å². The zero-order chi connectivity index (χ0) is 24.0. The van der Waals surface area contributed by atoms with E-state index in [0.29, 0.717) is 17.5 Å². The van der Waals surface area contributed by atoms with E-state index in [9.17, 15) is 19.3 Å². The van der Waals surface area contributed by atoms with Crippen molar-refractivity contribution in [3.63, 3.8) is 0 Å². The summed E-state index contributed by atoms with van der Waals surface area (Å²) in [6.07, 6.45) is 0. The summed E-state index contributed by atoms with van der Waals surface area (Å²) in [5.41, 5.74) is 1.50. The van der Waals surface area contributed by atoms with Crippen molar-refractivity contribution < 1.29 is 14.1 Å². The number of hydrogen-bond donors (Lipinski definition) is 1. The van der Waals surface area contributed by atoms with Gasteiger partial charge in [-0.1, -0.05) is 11.8 Å². The molecule has 3 aromatic rings. The number of nitro benzene ring substituents is 1. The van der Waals surface area contributed by atoms with Crippen molar-refractivity contribution in [1.82, 2.24) is 14.8 Å². The fraction of sp³-hybridized carbons (Fsp3) is 0.318. The van der Waals surface area contributed by atoms with Crippen LogP contribution in [0.1, 0.15) is 20.8 Å². The van der Waals surface area contributed by atoms with Crippen LogP contribution in [0, 0.1) is 15.9 Å². The molecule has 0 aliphatic heterocycles. The van der Waals surface area contributed by atoms with E-state index in [1.807, 2.05) is 35.8 Å². The maximum atomic E-state index is 13.9. The number of non-ortho nitro benzene ring substituents is 1. The number of nitrogens with zero attached hydrogens (tertiary/aromatic N) is 5. The van der Waals surface area contributed by atoms with Gasteiger partial charge in [-0.3, -0.25) is 14.9 Å². The molecule has 0 fully saturated rings. The molecular formula is C22H25FN6O3S. The van der Waals surface area contributed by atoms with Gasteiger partial charge in [0.2, 0.25) is 5.91 Å². The predicted molar refractivity (Wildman–Crippen MR) is 127 cm³/mol. The van der Waals surface area contributed by atoms with Gasteiger partial charge in [0.25, 0.3) is 5.69 Å². The molecule has 1 amide bonds. The summed E-state index contributed by atoms with van der Waals surface area (Å²) in [5, 5.41) is 22.3. The Labute approximate surface area is 195 Å². The van der Waals surface area contributed by atoms with Crippen LogP contribution in [-0.4, -0.2) is 44.4 Å². The van der Waals surface area contributed by atoms with Gasteiger partial charge >= 0.3 is 0 Å². The second kappa shape index (κ2) is 10.9. The van der Waals surface area contributed by atoms with Crippen LogP contribution in [0.3, 0.4) is 0 Å². The Morgan fingerprint density at radius 1 is 1.15 bits per heavy atom. The van der Waals surface area contributed by atoms with Gasteiger partial charge in [-0.25, -0.2) is 4.39 Å². The van der Waals surface area contributed by atoms with Crippen molar-refractivity contribution in [2.45, 2.75) is 32.5 Å². The lowest BCUT2D eigenvalue weighted by Crippen LogP contribution is -2.21. The second-order valence-electron chi connectivity index (χ2n) is 7.03. The third kappa shape index (κ3) is 5.67. The standard InChI is InChI=1S/C22H25FN6O3S/c1-4-27(5-2)16-9-7-15(8-10-16)21-25-26-22(28(21)6-3)33-14-20(30)24-19-13-17(29(31)32)11-12-18(19)23/h7-13H,4-6,14H2,1-3H3,(H,24,30). The summed E-state index contributed by atoms with van der Waals surface area (Å²) < 4.78 is 15.8. The van der Waals surface area contributed by atoms with Gasteiger partial charge < -0.3 is 14.8 Å². The number of thioether (sulfide) groups is 1. The molecule has 0 aliphatic rings. The second-order valence-corrected chi connectivity index (χ2v) is 7.97. The molecule has 0 bridgehead atoms. The van der Waals surface area contributed by atoms with Crippen LogP contribution in [0.15, 0.2) is 47.6 Å². The Morgan fingerprint density at radius 2 is 1.85 bits per heavy atom. The molecular weight excluding hydrogens is 447 g/mol. The molecule has 1 N–H and O–H groups in total. The van der Waals surface area contributed by atoms with Gasteiger partial charge in [0.05, 0.1) is 16.4 Å². The van der Waals surface area contributed by atoms with Crippen molar-refractivity contribution in [2.75, 3.05) is 29.1 Å². The van der Waals surface area contributed by atoms with Crippen LogP contribution < -0.4 is 10.2 Å². The fourth-order valence-corrected chi connectivity index (χ4v) is 4.15. The number of nitro groups is 1. The molecule has 0 aliphatic carbocycles. The largest absolute Gasteiger partial charge is 0.372 e. The van der Waals surface area contributed by atoms with E-state index in [1.165, 1.54) is 0 Å². The Kier molecular flexibility index (Phi) is 7.99. The van der Waals surface area contributed by atoms with Crippen molar-refractivity contribution in [3.05, 3.63) is 58.4 Å². The predicted octanol–water partition coefficient (Wildman–Crippen LogP) is 4.59. The van der Waals surface area contributed by atoms with Gasteiger partial charge in [0, 0.05) is 43.0 Å². The summed E-state index contributed by atoms with van der Waals surface area (Å²) in [4.78, 5) is 24.8. The monoisotopic (exact) mass is 472 g/mol. The molecule has 0 saturated carbocycles. The van der Waals surface area contributed by atoms with Gasteiger partial charge in [0.1, 0.15) is 5.82 Å². The maximum absolute atomic E-state index is 13.9. The number of hydrogen-bond acceptors (Lipinski definition) is 7. The third-order valence-corrected chi connectivity index (χ3v) is 6.02. The van der Waals surface area contributed by atoms with Crippen molar-refractivity contribution in [3.8, 4) is 11.4 Å². The normalized spacial score (nSPS) is 10.8. The topological polar surface area (TPSA) is 106 Å². The van der Waals surface area contributed by atoms with Crippen molar-refractivity contribution in [2.24, 2.45) is 0 Å². The number of anilines is 2. The van der Waals surface area contributed by atoms with Gasteiger partial charge in [-0.15, -0.1) is 10.2 Å². The summed E-state index contributed by atoms with van der Waals surface area (Å²) in [6, 6.07) is 11.1. The summed E-state index contributed by atoms with van der Waals surface area (Å²) in [7, 11) is 0. The maximum Gasteiger partial charge on any atom is 0.271 e. The zero-order valence-electron chi connectivity index (χ0n) is 18.6. The van der Waals surface area contributed by atoms with Crippen LogP contribution in [0.5, 0.6) is 0 Å². The molecule has 1 heterocycles. The van der Waals surface area contributed by atoms with Crippen molar-refractivity contribution >= 4 is 34.7 Å². The van der Waals surface area contributed by atoms with Gasteiger partial charge in [-0.05, 0) is 51.1 Å². The minimum atomic E-state index is -0.744. The number of carbonyl (C=O) groups excluding carboxylic acids is 1. The zero-order valence-corrected chi connectivity index (χ0v) is 19.4.